The minimum Gasteiger partial charge on any atom is -0.464 e. The van der Waals surface area contributed by atoms with Gasteiger partial charge in [0.1, 0.15) is 5.69 Å². The molecule has 0 spiro atoms. The van der Waals surface area contributed by atoms with Crippen molar-refractivity contribution in [3.8, 4) is 0 Å². The molecule has 12 heavy (non-hydrogen) atoms. The van der Waals surface area contributed by atoms with Gasteiger partial charge in [0.15, 0.2) is 5.69 Å². The molecule has 1 aromatic rings. The molecule has 6 heteroatoms. The fourth-order valence-corrected chi connectivity index (χ4v) is 0.809. The van der Waals surface area contributed by atoms with E-state index in [2.05, 4.69) is 14.9 Å². The number of methoxy groups -OCH3 is 1. The molecule has 0 aromatic carbocycles. The minimum atomic E-state index is -0.591. The first-order chi connectivity index (χ1) is 5.69. The molecule has 1 N–H and O–H groups in total. The summed E-state index contributed by atoms with van der Waals surface area (Å²) >= 11 is 0. The van der Waals surface area contributed by atoms with Gasteiger partial charge in [0, 0.05) is 7.05 Å². The summed E-state index contributed by atoms with van der Waals surface area (Å²) < 4.78 is 4.43. The van der Waals surface area contributed by atoms with Gasteiger partial charge in [-0.2, -0.15) is 9.90 Å². The van der Waals surface area contributed by atoms with E-state index in [4.69, 9.17) is 5.11 Å². The minimum absolute atomic E-state index is 0.0579. The molecule has 0 saturated carbocycles. The maximum Gasteiger partial charge on any atom is 0.360 e. The Morgan fingerprint density at radius 2 is 2.33 bits per heavy atom. The predicted octanol–water partition coefficient (Wildman–Crippen LogP) is -0.906. The molecule has 0 fully saturated rings. The first-order valence-electron chi connectivity index (χ1n) is 3.28. The zero-order valence-electron chi connectivity index (χ0n) is 6.81. The topological polar surface area (TPSA) is 77.2 Å². The number of aliphatic hydroxyl groups excluding tert-OH is 1. The lowest BCUT2D eigenvalue weighted by atomic mass is 10.3. The number of carbonyl (C=O) groups excluding carboxylic acids is 1. The Hall–Kier alpha value is -1.43. The lowest BCUT2D eigenvalue weighted by Gasteiger charge is -1.93. The average molecular weight is 171 g/mol. The van der Waals surface area contributed by atoms with E-state index in [-0.39, 0.29) is 18.0 Å². The maximum atomic E-state index is 11.0. The monoisotopic (exact) mass is 171 g/mol. The van der Waals surface area contributed by atoms with Crippen molar-refractivity contribution < 1.29 is 14.6 Å². The summed E-state index contributed by atoms with van der Waals surface area (Å²) in [5.74, 6) is -0.591. The van der Waals surface area contributed by atoms with Crippen molar-refractivity contribution >= 4 is 5.97 Å². The summed E-state index contributed by atoms with van der Waals surface area (Å²) in [6, 6.07) is 0. The van der Waals surface area contributed by atoms with Crippen molar-refractivity contribution in [2.75, 3.05) is 7.11 Å². The molecular weight excluding hydrogens is 162 g/mol. The van der Waals surface area contributed by atoms with Crippen LogP contribution >= 0.6 is 0 Å². The van der Waals surface area contributed by atoms with Crippen molar-refractivity contribution in [3.63, 3.8) is 0 Å². The van der Waals surface area contributed by atoms with E-state index >= 15 is 0 Å². The van der Waals surface area contributed by atoms with Crippen molar-refractivity contribution in [2.45, 2.75) is 6.61 Å². The highest BCUT2D eigenvalue weighted by molar-refractivity contribution is 5.88. The van der Waals surface area contributed by atoms with Gasteiger partial charge in [-0.3, -0.25) is 0 Å². The third-order valence-corrected chi connectivity index (χ3v) is 1.31. The highest BCUT2D eigenvalue weighted by Gasteiger charge is 2.16. The normalized spacial score (nSPS) is 9.92. The second-order valence-electron chi connectivity index (χ2n) is 2.13. The summed E-state index contributed by atoms with van der Waals surface area (Å²) in [6.07, 6.45) is 0. The molecule has 0 aliphatic rings. The lowest BCUT2D eigenvalue weighted by molar-refractivity contribution is 0.0589. The predicted molar refractivity (Wildman–Crippen MR) is 38.3 cm³/mol. The number of ether oxygens (including phenoxy) is 1. The van der Waals surface area contributed by atoms with Gasteiger partial charge in [-0.15, -0.1) is 5.10 Å². The molecule has 0 unspecified atom stereocenters. The number of rotatable bonds is 2. The second-order valence-corrected chi connectivity index (χ2v) is 2.13. The summed E-state index contributed by atoms with van der Waals surface area (Å²) in [7, 11) is 2.81. The molecule has 0 amide bonds. The smallest absolute Gasteiger partial charge is 0.360 e. The molecule has 0 aliphatic carbocycles. The Morgan fingerprint density at radius 1 is 1.67 bits per heavy atom. The van der Waals surface area contributed by atoms with Crippen LogP contribution in [0.2, 0.25) is 0 Å². The fourth-order valence-electron chi connectivity index (χ4n) is 0.809. The summed E-state index contributed by atoms with van der Waals surface area (Å²) in [5, 5.41) is 16.2. The van der Waals surface area contributed by atoms with Crippen molar-refractivity contribution in [1.82, 2.24) is 15.0 Å². The molecule has 1 aromatic heterocycles. The van der Waals surface area contributed by atoms with E-state index in [1.807, 2.05) is 0 Å². The van der Waals surface area contributed by atoms with Crippen molar-refractivity contribution in [2.24, 2.45) is 7.05 Å². The van der Waals surface area contributed by atoms with Gasteiger partial charge in [-0.05, 0) is 0 Å². The number of aromatic nitrogens is 3. The van der Waals surface area contributed by atoms with Crippen LogP contribution in [-0.2, 0) is 18.4 Å². The Labute approximate surface area is 68.8 Å². The van der Waals surface area contributed by atoms with E-state index in [0.717, 1.165) is 0 Å². The van der Waals surface area contributed by atoms with Crippen LogP contribution in [-0.4, -0.2) is 33.2 Å². The summed E-state index contributed by atoms with van der Waals surface area (Å²) in [6.45, 7) is -0.321. The molecule has 1 heterocycles. The van der Waals surface area contributed by atoms with Gasteiger partial charge in [-0.1, -0.05) is 0 Å². The van der Waals surface area contributed by atoms with Crippen molar-refractivity contribution in [3.05, 3.63) is 11.4 Å². The molecule has 0 aliphatic heterocycles. The average Bonchev–Trinajstić information content (AvgIpc) is 2.45. The van der Waals surface area contributed by atoms with E-state index in [1.54, 1.807) is 7.05 Å². The zero-order chi connectivity index (χ0) is 9.14. The summed E-state index contributed by atoms with van der Waals surface area (Å²) in [4.78, 5) is 12.2. The lowest BCUT2D eigenvalue weighted by Crippen LogP contribution is -2.05. The largest absolute Gasteiger partial charge is 0.464 e. The van der Waals surface area contributed by atoms with E-state index < -0.39 is 5.97 Å². The van der Waals surface area contributed by atoms with Gasteiger partial charge in [0.05, 0.1) is 13.7 Å². The van der Waals surface area contributed by atoms with E-state index in [9.17, 15) is 4.79 Å². The number of esters is 1. The first kappa shape index (κ1) is 8.66. The number of carbonyl (C=O) groups is 1. The van der Waals surface area contributed by atoms with Crippen LogP contribution < -0.4 is 0 Å². The van der Waals surface area contributed by atoms with Gasteiger partial charge >= 0.3 is 5.97 Å². The van der Waals surface area contributed by atoms with Crippen LogP contribution in [0.1, 0.15) is 16.2 Å². The van der Waals surface area contributed by atoms with Crippen LogP contribution in [0.5, 0.6) is 0 Å². The van der Waals surface area contributed by atoms with Crippen LogP contribution in [0.15, 0.2) is 0 Å². The standard InChI is InChI=1S/C6H9N3O3/c1-9-7-4(3-10)5(8-9)6(11)12-2/h10H,3H2,1-2H3. The Bertz CT molecular complexity index is 294. The molecule has 0 bridgehead atoms. The molecule has 0 radical (unpaired) electrons. The van der Waals surface area contributed by atoms with E-state index in [0.29, 0.717) is 0 Å². The number of nitrogens with zero attached hydrogens (tertiary/aromatic N) is 3. The SMILES string of the molecule is COC(=O)c1nn(C)nc1CO. The number of hydrogen-bond acceptors (Lipinski definition) is 5. The molecule has 0 saturated heterocycles. The fraction of sp³-hybridized carbons (Fsp3) is 0.500. The first-order valence-corrected chi connectivity index (χ1v) is 3.28. The number of aryl methyl sites for hydroxylation is 1. The molecule has 6 nitrogen and oxygen atoms in total. The van der Waals surface area contributed by atoms with Crippen molar-refractivity contribution in [1.29, 1.82) is 0 Å². The Balaban J connectivity index is 3.04. The Kier molecular flexibility index (Phi) is 2.39. The van der Waals surface area contributed by atoms with Gasteiger partial charge in [-0.25, -0.2) is 4.79 Å². The van der Waals surface area contributed by atoms with E-state index in [1.165, 1.54) is 11.9 Å². The van der Waals surface area contributed by atoms with Gasteiger partial charge in [0.2, 0.25) is 0 Å². The van der Waals surface area contributed by atoms with Gasteiger partial charge in [0.25, 0.3) is 0 Å². The maximum absolute atomic E-state index is 11.0. The van der Waals surface area contributed by atoms with Gasteiger partial charge < -0.3 is 9.84 Å². The van der Waals surface area contributed by atoms with Crippen LogP contribution in [0.4, 0.5) is 0 Å². The van der Waals surface area contributed by atoms with Crippen LogP contribution in [0.25, 0.3) is 0 Å². The highest BCUT2D eigenvalue weighted by atomic mass is 16.5. The molecule has 1 rings (SSSR count). The Morgan fingerprint density at radius 3 is 2.83 bits per heavy atom. The number of hydrogen-bond donors (Lipinski definition) is 1. The third-order valence-electron chi connectivity index (χ3n) is 1.31. The second kappa shape index (κ2) is 3.31. The van der Waals surface area contributed by atoms with Crippen LogP contribution in [0, 0.1) is 0 Å². The third kappa shape index (κ3) is 1.42. The zero-order valence-corrected chi connectivity index (χ0v) is 6.81. The molecular formula is C6H9N3O3. The van der Waals surface area contributed by atoms with Crippen LogP contribution in [0.3, 0.4) is 0 Å². The highest BCUT2D eigenvalue weighted by Crippen LogP contribution is 2.02. The molecule has 0 atom stereocenters. The summed E-state index contributed by atoms with van der Waals surface area (Å²) in [5.41, 5.74) is 0.284. The number of aliphatic hydroxyl groups is 1. The molecule has 66 valence electrons. The quantitative estimate of drug-likeness (QED) is 0.583.